The highest BCUT2D eigenvalue weighted by Gasteiger charge is 2.27. The number of tetrazole rings is 1. The van der Waals surface area contributed by atoms with Crippen LogP contribution >= 0.6 is 11.8 Å². The number of piperidine rings is 1. The number of rotatable bonds is 6. The van der Waals surface area contributed by atoms with E-state index < -0.39 is 0 Å². The van der Waals surface area contributed by atoms with E-state index in [1.54, 1.807) is 9.58 Å². The van der Waals surface area contributed by atoms with Gasteiger partial charge < -0.3 is 10.6 Å². The number of carbonyl (C=O) groups excluding carboxylic acids is 2. The summed E-state index contributed by atoms with van der Waals surface area (Å²) < 4.78 is 1.63. The molecular weight excluding hydrogens is 364 g/mol. The lowest BCUT2D eigenvalue weighted by molar-refractivity contribution is -0.132. The predicted molar refractivity (Wildman–Crippen MR) is 102 cm³/mol. The van der Waals surface area contributed by atoms with Gasteiger partial charge in [0.05, 0.1) is 17.4 Å². The summed E-state index contributed by atoms with van der Waals surface area (Å²) in [5, 5.41) is 12.4. The van der Waals surface area contributed by atoms with Crippen molar-refractivity contribution in [3.63, 3.8) is 0 Å². The maximum atomic E-state index is 12.5. The minimum Gasteiger partial charge on any atom is -0.369 e. The van der Waals surface area contributed by atoms with E-state index in [0.29, 0.717) is 24.2 Å². The summed E-state index contributed by atoms with van der Waals surface area (Å²) in [7, 11) is 0. The molecule has 8 nitrogen and oxygen atoms in total. The van der Waals surface area contributed by atoms with Gasteiger partial charge in [-0.15, -0.1) is 5.10 Å². The van der Waals surface area contributed by atoms with Gasteiger partial charge in [0.2, 0.25) is 17.0 Å². The normalized spacial score (nSPS) is 17.3. The van der Waals surface area contributed by atoms with Crippen LogP contribution in [0.2, 0.25) is 0 Å². The first-order valence-corrected chi connectivity index (χ1v) is 10.0. The molecule has 0 spiro atoms. The van der Waals surface area contributed by atoms with Gasteiger partial charge in [-0.1, -0.05) is 37.7 Å². The van der Waals surface area contributed by atoms with Gasteiger partial charge in [-0.3, -0.25) is 9.59 Å². The van der Waals surface area contributed by atoms with Gasteiger partial charge in [0.15, 0.2) is 0 Å². The van der Waals surface area contributed by atoms with Crippen LogP contribution in [0.4, 0.5) is 0 Å². The topological polar surface area (TPSA) is 107 Å². The lowest BCUT2D eigenvalue weighted by Gasteiger charge is -2.31. The fraction of sp³-hybridized carbons (Fsp3) is 0.500. The Morgan fingerprint density at radius 3 is 2.70 bits per heavy atom. The molecule has 2 amide bonds. The van der Waals surface area contributed by atoms with Crippen LogP contribution in [0.25, 0.3) is 5.69 Å². The van der Waals surface area contributed by atoms with Crippen LogP contribution in [0.15, 0.2) is 29.4 Å². The predicted octanol–water partition coefficient (Wildman–Crippen LogP) is 1.60. The minimum atomic E-state index is -0.339. The van der Waals surface area contributed by atoms with E-state index in [1.807, 2.05) is 12.1 Å². The number of nitrogens with zero attached hydrogens (tertiary/aromatic N) is 5. The third kappa shape index (κ3) is 4.65. The molecule has 2 heterocycles. The summed E-state index contributed by atoms with van der Waals surface area (Å²) in [5.74, 6) is 0.0471. The molecule has 1 saturated heterocycles. The smallest absolute Gasteiger partial charge is 0.233 e. The standard InChI is InChI=1S/C18H24N6O2S/c1-12(2)13-5-7-15(8-6-13)24-18(20-21-22-24)27-11-16(25)23-9-3-4-14(10-23)17(19)26/h5-8,12,14H,3-4,9-11H2,1-2H3,(H2,19,26)/t14-/m1/s1. The van der Waals surface area contributed by atoms with Gasteiger partial charge in [-0.05, 0) is 46.9 Å². The number of carbonyl (C=O) groups is 2. The van der Waals surface area contributed by atoms with Gasteiger partial charge >= 0.3 is 0 Å². The minimum absolute atomic E-state index is 0.0318. The molecule has 1 aliphatic heterocycles. The Balaban J connectivity index is 1.63. The first-order valence-electron chi connectivity index (χ1n) is 9.04. The quantitative estimate of drug-likeness (QED) is 0.753. The molecule has 3 rings (SSSR count). The molecule has 1 aliphatic rings. The number of nitrogens with two attached hydrogens (primary N) is 1. The Labute approximate surface area is 162 Å². The average molecular weight is 388 g/mol. The third-order valence-electron chi connectivity index (χ3n) is 4.75. The number of amides is 2. The molecule has 0 radical (unpaired) electrons. The Bertz CT molecular complexity index is 804. The van der Waals surface area contributed by atoms with Gasteiger partial charge in [0, 0.05) is 13.1 Å². The number of likely N-dealkylation sites (tertiary alicyclic amines) is 1. The lowest BCUT2D eigenvalue weighted by atomic mass is 9.97. The van der Waals surface area contributed by atoms with Crippen molar-refractivity contribution >= 4 is 23.6 Å². The van der Waals surface area contributed by atoms with Crippen molar-refractivity contribution in [1.82, 2.24) is 25.1 Å². The molecule has 9 heteroatoms. The molecule has 0 saturated carbocycles. The second kappa shape index (κ2) is 8.51. The lowest BCUT2D eigenvalue weighted by Crippen LogP contribution is -2.44. The molecule has 27 heavy (non-hydrogen) atoms. The van der Waals surface area contributed by atoms with Crippen molar-refractivity contribution in [2.24, 2.45) is 11.7 Å². The maximum Gasteiger partial charge on any atom is 0.233 e. The van der Waals surface area contributed by atoms with E-state index in [9.17, 15) is 9.59 Å². The van der Waals surface area contributed by atoms with E-state index in [0.717, 1.165) is 18.5 Å². The molecule has 0 unspecified atom stereocenters. The molecule has 1 aromatic carbocycles. The summed E-state index contributed by atoms with van der Waals surface area (Å²) in [6.45, 7) is 5.34. The molecule has 0 aliphatic carbocycles. The van der Waals surface area contributed by atoms with Gasteiger partial charge in [-0.2, -0.15) is 4.68 Å². The highest BCUT2D eigenvalue weighted by molar-refractivity contribution is 7.99. The summed E-state index contributed by atoms with van der Waals surface area (Å²) in [6.07, 6.45) is 1.54. The Morgan fingerprint density at radius 1 is 1.30 bits per heavy atom. The first kappa shape index (κ1) is 19.3. The van der Waals surface area contributed by atoms with Crippen molar-refractivity contribution in [3.8, 4) is 5.69 Å². The number of hydrogen-bond acceptors (Lipinski definition) is 6. The van der Waals surface area contributed by atoms with Crippen LogP contribution in [0.5, 0.6) is 0 Å². The maximum absolute atomic E-state index is 12.5. The van der Waals surface area contributed by atoms with Crippen LogP contribution in [0.3, 0.4) is 0 Å². The number of benzene rings is 1. The zero-order valence-corrected chi connectivity index (χ0v) is 16.4. The number of hydrogen-bond donors (Lipinski definition) is 1. The fourth-order valence-electron chi connectivity index (χ4n) is 3.08. The average Bonchev–Trinajstić information content (AvgIpc) is 3.14. The SMILES string of the molecule is CC(C)c1ccc(-n2nnnc2SCC(=O)N2CCC[C@@H](C(N)=O)C2)cc1. The van der Waals surface area contributed by atoms with Crippen molar-refractivity contribution in [2.45, 2.75) is 37.8 Å². The van der Waals surface area contributed by atoms with Crippen LogP contribution < -0.4 is 5.73 Å². The van der Waals surface area contributed by atoms with Crippen molar-refractivity contribution in [1.29, 1.82) is 0 Å². The summed E-state index contributed by atoms with van der Waals surface area (Å²) >= 11 is 1.29. The molecule has 2 N–H and O–H groups in total. The fourth-order valence-corrected chi connectivity index (χ4v) is 3.88. The van der Waals surface area contributed by atoms with E-state index in [2.05, 4.69) is 41.5 Å². The zero-order valence-electron chi connectivity index (χ0n) is 15.5. The Hall–Kier alpha value is -2.42. The molecular formula is C18H24N6O2S. The van der Waals surface area contributed by atoms with Gasteiger partial charge in [0.25, 0.3) is 0 Å². The largest absolute Gasteiger partial charge is 0.369 e. The van der Waals surface area contributed by atoms with Crippen LogP contribution in [0.1, 0.15) is 38.2 Å². The Morgan fingerprint density at radius 2 is 2.04 bits per heavy atom. The monoisotopic (exact) mass is 388 g/mol. The van der Waals surface area contributed by atoms with Crippen molar-refractivity contribution in [2.75, 3.05) is 18.8 Å². The molecule has 1 fully saturated rings. The van der Waals surface area contributed by atoms with Crippen molar-refractivity contribution < 1.29 is 9.59 Å². The second-order valence-corrected chi connectivity index (χ2v) is 7.93. The third-order valence-corrected chi connectivity index (χ3v) is 5.65. The summed E-state index contributed by atoms with van der Waals surface area (Å²) in [6, 6.07) is 8.05. The van der Waals surface area contributed by atoms with Crippen LogP contribution in [-0.2, 0) is 9.59 Å². The molecule has 1 aromatic heterocycles. The van der Waals surface area contributed by atoms with E-state index in [4.69, 9.17) is 5.73 Å². The molecule has 144 valence electrons. The van der Waals surface area contributed by atoms with E-state index in [1.165, 1.54) is 17.3 Å². The zero-order chi connectivity index (χ0) is 19.4. The Kier molecular flexibility index (Phi) is 6.10. The summed E-state index contributed by atoms with van der Waals surface area (Å²) in [4.78, 5) is 25.6. The van der Waals surface area contributed by atoms with Gasteiger partial charge in [-0.25, -0.2) is 0 Å². The second-order valence-electron chi connectivity index (χ2n) is 6.99. The highest BCUT2D eigenvalue weighted by Crippen LogP contribution is 2.22. The van der Waals surface area contributed by atoms with Crippen LogP contribution in [-0.4, -0.2) is 55.8 Å². The van der Waals surface area contributed by atoms with E-state index in [-0.39, 0.29) is 23.5 Å². The van der Waals surface area contributed by atoms with Crippen LogP contribution in [0, 0.1) is 5.92 Å². The number of thioether (sulfide) groups is 1. The van der Waals surface area contributed by atoms with Gasteiger partial charge in [0.1, 0.15) is 0 Å². The summed E-state index contributed by atoms with van der Waals surface area (Å²) in [5.41, 5.74) is 7.48. The highest BCUT2D eigenvalue weighted by atomic mass is 32.2. The molecule has 0 bridgehead atoms. The van der Waals surface area contributed by atoms with Crippen molar-refractivity contribution in [3.05, 3.63) is 29.8 Å². The first-order chi connectivity index (χ1) is 13.0. The molecule has 2 aromatic rings. The number of primary amides is 1. The number of aromatic nitrogens is 4. The molecule has 1 atom stereocenters. The van der Waals surface area contributed by atoms with E-state index >= 15 is 0 Å².